The molecule has 9 heteroatoms. The molecule has 1 aromatic carbocycles. The number of rotatable bonds is 8. The molecule has 0 N–H and O–H groups in total. The van der Waals surface area contributed by atoms with Crippen LogP contribution in [0.4, 0.5) is 5.95 Å². The monoisotopic (exact) mass is 461 g/mol. The van der Waals surface area contributed by atoms with Crippen LogP contribution in [-0.4, -0.2) is 32.8 Å². The van der Waals surface area contributed by atoms with E-state index in [9.17, 15) is 0 Å². The summed E-state index contributed by atoms with van der Waals surface area (Å²) in [6.45, 7) is 2.66. The second-order valence-corrected chi connectivity index (χ2v) is 10.0. The summed E-state index contributed by atoms with van der Waals surface area (Å²) in [7, 11) is 0. The molecule has 0 radical (unpaired) electrons. The standard InChI is InChI=1S/C21H24ClN5OS2/c22-15-4-8-18(9-5-15)28-12-19-23-16(13-29-19)14-30-21-25-24-20(27(21)17-6-7-17)26-10-2-1-3-11-26/h4-5,8-9,13,17H,1-3,6-7,10-12,14H2. The molecule has 3 aromatic rings. The molecule has 2 aliphatic rings. The van der Waals surface area contributed by atoms with Gasteiger partial charge in [-0.2, -0.15) is 0 Å². The lowest BCUT2D eigenvalue weighted by molar-refractivity contribution is 0.305. The Kier molecular flexibility index (Phi) is 6.15. The third-order valence-corrected chi connectivity index (χ3v) is 7.42. The van der Waals surface area contributed by atoms with Crippen molar-refractivity contribution < 1.29 is 4.74 Å². The number of piperidine rings is 1. The van der Waals surface area contributed by atoms with Crippen LogP contribution in [0.15, 0.2) is 34.8 Å². The van der Waals surface area contributed by atoms with Crippen LogP contribution in [0.5, 0.6) is 5.75 Å². The Morgan fingerprint density at radius 2 is 1.90 bits per heavy atom. The van der Waals surface area contributed by atoms with E-state index in [1.54, 1.807) is 23.1 Å². The maximum atomic E-state index is 5.92. The summed E-state index contributed by atoms with van der Waals surface area (Å²) in [4.78, 5) is 7.13. The first-order valence-corrected chi connectivity index (χ1v) is 12.6. The third kappa shape index (κ3) is 4.76. The van der Waals surface area contributed by atoms with E-state index >= 15 is 0 Å². The van der Waals surface area contributed by atoms with Crippen molar-refractivity contribution in [3.63, 3.8) is 0 Å². The molecular weight excluding hydrogens is 438 g/mol. The van der Waals surface area contributed by atoms with Crippen molar-refractivity contribution in [1.82, 2.24) is 19.7 Å². The van der Waals surface area contributed by atoms with Gasteiger partial charge in [0.25, 0.3) is 0 Å². The zero-order valence-electron chi connectivity index (χ0n) is 16.7. The van der Waals surface area contributed by atoms with Crippen molar-refractivity contribution in [2.24, 2.45) is 0 Å². The van der Waals surface area contributed by atoms with Gasteiger partial charge in [0.05, 0.1) is 5.69 Å². The fourth-order valence-corrected chi connectivity index (χ4v) is 5.46. The van der Waals surface area contributed by atoms with Crippen molar-refractivity contribution in [3.05, 3.63) is 45.4 Å². The van der Waals surface area contributed by atoms with Gasteiger partial charge in [0.2, 0.25) is 5.95 Å². The Labute approximate surface area is 189 Å². The largest absolute Gasteiger partial charge is 0.486 e. The second-order valence-electron chi connectivity index (χ2n) is 7.70. The Hall–Kier alpha value is -1.77. The molecule has 6 nitrogen and oxygen atoms in total. The van der Waals surface area contributed by atoms with Gasteiger partial charge in [-0.15, -0.1) is 21.5 Å². The van der Waals surface area contributed by atoms with Gasteiger partial charge in [-0.25, -0.2) is 4.98 Å². The minimum atomic E-state index is 0.467. The topological polar surface area (TPSA) is 56.1 Å². The highest BCUT2D eigenvalue weighted by Gasteiger charge is 2.32. The molecule has 1 aliphatic carbocycles. The summed E-state index contributed by atoms with van der Waals surface area (Å²) in [6, 6.07) is 7.97. The van der Waals surface area contributed by atoms with E-state index in [1.165, 1.54) is 32.1 Å². The summed E-state index contributed by atoms with van der Waals surface area (Å²) in [6.07, 6.45) is 6.29. The first kappa shape index (κ1) is 20.2. The van der Waals surface area contributed by atoms with Crippen LogP contribution < -0.4 is 9.64 Å². The van der Waals surface area contributed by atoms with E-state index in [0.29, 0.717) is 17.7 Å². The van der Waals surface area contributed by atoms with Crippen molar-refractivity contribution in [2.75, 3.05) is 18.0 Å². The summed E-state index contributed by atoms with van der Waals surface area (Å²) in [5, 5.41) is 13.9. The number of thiazole rings is 1. The lowest BCUT2D eigenvalue weighted by Gasteiger charge is -2.27. The van der Waals surface area contributed by atoms with Gasteiger partial charge in [-0.1, -0.05) is 23.4 Å². The highest BCUT2D eigenvalue weighted by molar-refractivity contribution is 7.98. The lowest BCUT2D eigenvalue weighted by Crippen LogP contribution is -2.31. The average Bonchev–Trinajstić information content (AvgIpc) is 3.36. The fraction of sp³-hybridized carbons (Fsp3) is 0.476. The van der Waals surface area contributed by atoms with Crippen LogP contribution in [0.3, 0.4) is 0 Å². The first-order chi connectivity index (χ1) is 14.8. The molecule has 5 rings (SSSR count). The molecule has 1 saturated heterocycles. The Balaban J connectivity index is 1.20. The van der Waals surface area contributed by atoms with E-state index in [0.717, 1.165) is 46.4 Å². The van der Waals surface area contributed by atoms with Gasteiger partial charge in [0, 0.05) is 35.3 Å². The summed E-state index contributed by atoms with van der Waals surface area (Å²) < 4.78 is 8.17. The van der Waals surface area contributed by atoms with E-state index in [-0.39, 0.29) is 0 Å². The molecule has 0 amide bonds. The van der Waals surface area contributed by atoms with Gasteiger partial charge >= 0.3 is 0 Å². The smallest absolute Gasteiger partial charge is 0.228 e. The number of halogens is 1. The predicted molar refractivity (Wildman–Crippen MR) is 122 cm³/mol. The predicted octanol–water partition coefficient (Wildman–Crippen LogP) is 5.58. The molecule has 0 bridgehead atoms. The number of aromatic nitrogens is 4. The zero-order valence-corrected chi connectivity index (χ0v) is 19.1. The molecule has 1 aliphatic heterocycles. The number of anilines is 1. The number of hydrogen-bond acceptors (Lipinski definition) is 7. The average molecular weight is 462 g/mol. The molecule has 0 spiro atoms. The Bertz CT molecular complexity index is 980. The summed E-state index contributed by atoms with van der Waals surface area (Å²) >= 11 is 9.28. The van der Waals surface area contributed by atoms with Gasteiger partial charge in [-0.05, 0) is 56.4 Å². The van der Waals surface area contributed by atoms with E-state index in [1.807, 2.05) is 24.3 Å². The number of thioether (sulfide) groups is 1. The molecular formula is C21H24ClN5OS2. The van der Waals surface area contributed by atoms with Crippen molar-refractivity contribution in [3.8, 4) is 5.75 Å². The van der Waals surface area contributed by atoms with Crippen molar-refractivity contribution >= 4 is 40.6 Å². The second kappa shape index (κ2) is 9.16. The Morgan fingerprint density at radius 3 is 2.67 bits per heavy atom. The number of hydrogen-bond donors (Lipinski definition) is 0. The van der Waals surface area contributed by atoms with Gasteiger partial charge < -0.3 is 9.64 Å². The van der Waals surface area contributed by atoms with Crippen LogP contribution in [0.1, 0.15) is 48.8 Å². The fourth-order valence-electron chi connectivity index (χ4n) is 3.63. The zero-order chi connectivity index (χ0) is 20.3. The van der Waals surface area contributed by atoms with Gasteiger partial charge in [0.1, 0.15) is 17.4 Å². The van der Waals surface area contributed by atoms with Crippen LogP contribution in [0.25, 0.3) is 0 Å². The molecule has 0 unspecified atom stereocenters. The minimum Gasteiger partial charge on any atom is -0.486 e. The highest BCUT2D eigenvalue weighted by Crippen LogP contribution is 2.41. The highest BCUT2D eigenvalue weighted by atomic mass is 35.5. The maximum Gasteiger partial charge on any atom is 0.228 e. The molecule has 30 heavy (non-hydrogen) atoms. The van der Waals surface area contributed by atoms with Crippen molar-refractivity contribution in [1.29, 1.82) is 0 Å². The van der Waals surface area contributed by atoms with E-state index in [4.69, 9.17) is 21.3 Å². The van der Waals surface area contributed by atoms with Crippen LogP contribution >= 0.6 is 34.7 Å². The van der Waals surface area contributed by atoms with Crippen LogP contribution in [-0.2, 0) is 12.4 Å². The molecule has 2 aromatic heterocycles. The van der Waals surface area contributed by atoms with Crippen LogP contribution in [0.2, 0.25) is 5.02 Å². The number of nitrogens with zero attached hydrogens (tertiary/aromatic N) is 5. The normalized spacial score (nSPS) is 16.8. The van der Waals surface area contributed by atoms with Gasteiger partial charge in [-0.3, -0.25) is 4.57 Å². The van der Waals surface area contributed by atoms with E-state index in [2.05, 4.69) is 25.0 Å². The Morgan fingerprint density at radius 1 is 1.10 bits per heavy atom. The number of ether oxygens (including phenoxy) is 1. The number of benzene rings is 1. The molecule has 158 valence electrons. The molecule has 1 saturated carbocycles. The maximum absolute atomic E-state index is 5.92. The lowest BCUT2D eigenvalue weighted by atomic mass is 10.1. The minimum absolute atomic E-state index is 0.467. The van der Waals surface area contributed by atoms with Crippen molar-refractivity contribution in [2.45, 2.75) is 55.7 Å². The summed E-state index contributed by atoms with van der Waals surface area (Å²) in [5.41, 5.74) is 1.06. The van der Waals surface area contributed by atoms with Crippen LogP contribution in [0, 0.1) is 0 Å². The molecule has 3 heterocycles. The summed E-state index contributed by atoms with van der Waals surface area (Å²) in [5.74, 6) is 2.66. The molecule has 0 atom stereocenters. The third-order valence-electron chi connectivity index (χ3n) is 5.32. The SMILES string of the molecule is Clc1ccc(OCc2nc(CSc3nnc(N4CCCCC4)n3C3CC3)cs2)cc1. The quantitative estimate of drug-likeness (QED) is 0.408. The van der Waals surface area contributed by atoms with E-state index < -0.39 is 0 Å². The molecule has 2 fully saturated rings. The van der Waals surface area contributed by atoms with Gasteiger partial charge in [0.15, 0.2) is 5.16 Å². The first-order valence-electron chi connectivity index (χ1n) is 10.4.